The van der Waals surface area contributed by atoms with Gasteiger partial charge < -0.3 is 19.9 Å². The molecule has 0 amide bonds. The summed E-state index contributed by atoms with van der Waals surface area (Å²) < 4.78 is 6.10. The molecule has 1 aromatic heterocycles. The summed E-state index contributed by atoms with van der Waals surface area (Å²) in [6.07, 6.45) is 30.6. The van der Waals surface area contributed by atoms with Crippen molar-refractivity contribution in [2.75, 3.05) is 33.4 Å². The highest BCUT2D eigenvalue weighted by Gasteiger charge is 2.53. The number of ether oxygens (including phenoxy) is 1. The van der Waals surface area contributed by atoms with Crippen LogP contribution in [-0.4, -0.2) is 60.2 Å². The van der Waals surface area contributed by atoms with Gasteiger partial charge in [0.2, 0.25) is 0 Å². The van der Waals surface area contributed by atoms with E-state index in [-0.39, 0.29) is 5.54 Å². The molecule has 45 heavy (non-hydrogen) atoms. The monoisotopic (exact) mass is 605 g/mol. The largest absolute Gasteiger partial charge is 0.381 e. The Kier molecular flexibility index (Phi) is 8.71. The summed E-state index contributed by atoms with van der Waals surface area (Å²) in [5.74, 6) is 2.84. The lowest BCUT2D eigenvalue weighted by Crippen LogP contribution is -2.52. The summed E-state index contributed by atoms with van der Waals surface area (Å²) in [5, 5.41) is 5.95. The summed E-state index contributed by atoms with van der Waals surface area (Å²) in [7, 11) is 2.26. The van der Waals surface area contributed by atoms with E-state index >= 15 is 0 Å². The first kappa shape index (κ1) is 30.4. The van der Waals surface area contributed by atoms with E-state index in [1.54, 1.807) is 0 Å². The molecule has 3 saturated carbocycles. The van der Waals surface area contributed by atoms with E-state index in [0.717, 1.165) is 96.1 Å². The van der Waals surface area contributed by atoms with Crippen LogP contribution in [0, 0.1) is 23.2 Å². The van der Waals surface area contributed by atoms with Gasteiger partial charge in [-0.25, -0.2) is 9.98 Å². The number of nitrogens with zero attached hydrogens (tertiary/aromatic N) is 3. The van der Waals surface area contributed by atoms with Gasteiger partial charge >= 0.3 is 0 Å². The Morgan fingerprint density at radius 1 is 0.889 bits per heavy atom. The maximum atomic E-state index is 6.10. The number of unbranched alkanes of at least 4 members (excludes halogenated alkanes) is 2. The Labute approximate surface area is 269 Å². The number of rotatable bonds is 12. The van der Waals surface area contributed by atoms with Crippen LogP contribution in [0.1, 0.15) is 71.6 Å². The van der Waals surface area contributed by atoms with Crippen LogP contribution < -0.4 is 16.0 Å². The molecule has 6 nitrogen and oxygen atoms in total. The Hall–Kier alpha value is -3.22. The first-order chi connectivity index (χ1) is 21.8. The molecule has 2 N–H and O–H groups in total. The molecular formula is C39H51N5O. The average Bonchev–Trinajstić information content (AvgIpc) is 3.84. The van der Waals surface area contributed by atoms with E-state index in [1.807, 2.05) is 0 Å². The standard InChI is InChI=1S/C39H51N5O/c1-38(2)29-8-7-28(37(38)23-29)16-22-45-21-6-4-5-19-44(3)20-18-39-17-15-35(43-39)26-34-12-11-31(41-34)24-30-9-10-32(40-30)25-33-13-14-36(27-39)42-33/h9-15,24-29,37,40,43H,4-8,16-23H2,1-3H3/t28-,29-,37-,39?/m0/s1. The van der Waals surface area contributed by atoms with E-state index in [9.17, 15) is 0 Å². The minimum Gasteiger partial charge on any atom is -0.381 e. The third-order valence-corrected chi connectivity index (χ3v) is 11.4. The van der Waals surface area contributed by atoms with Crippen molar-refractivity contribution < 1.29 is 4.74 Å². The summed E-state index contributed by atoms with van der Waals surface area (Å²) in [4.78, 5) is 15.7. The van der Waals surface area contributed by atoms with Crippen LogP contribution in [0.2, 0.25) is 0 Å². The summed E-state index contributed by atoms with van der Waals surface area (Å²) >= 11 is 0. The molecule has 3 fully saturated rings. The second-order valence-electron chi connectivity index (χ2n) is 14.9. The van der Waals surface area contributed by atoms with Crippen molar-refractivity contribution in [2.24, 2.45) is 33.2 Å². The summed E-state index contributed by atoms with van der Waals surface area (Å²) in [5.41, 5.74) is 5.48. The quantitative estimate of drug-likeness (QED) is 0.289. The number of hydrogen-bond acceptors (Lipinski definition) is 5. The maximum Gasteiger partial charge on any atom is 0.0658 e. The molecule has 0 radical (unpaired) electrons. The summed E-state index contributed by atoms with van der Waals surface area (Å²) in [6.45, 7) is 9.00. The molecule has 238 valence electrons. The molecule has 0 saturated heterocycles. The first-order valence-corrected chi connectivity index (χ1v) is 17.4. The number of allylic oxidation sites excluding steroid dienone is 5. The van der Waals surface area contributed by atoms with Crippen molar-refractivity contribution in [1.29, 1.82) is 0 Å². The van der Waals surface area contributed by atoms with Gasteiger partial charge in [0, 0.05) is 36.2 Å². The van der Waals surface area contributed by atoms with Crippen LogP contribution in [-0.2, 0) is 4.74 Å². The van der Waals surface area contributed by atoms with Gasteiger partial charge in [0.1, 0.15) is 0 Å². The molecule has 0 spiro atoms. The van der Waals surface area contributed by atoms with Gasteiger partial charge in [0.25, 0.3) is 0 Å². The minimum absolute atomic E-state index is 0.168. The van der Waals surface area contributed by atoms with Gasteiger partial charge in [0.15, 0.2) is 0 Å². The van der Waals surface area contributed by atoms with Crippen molar-refractivity contribution in [2.45, 2.75) is 77.2 Å². The van der Waals surface area contributed by atoms with Crippen molar-refractivity contribution in [3.05, 3.63) is 82.5 Å². The zero-order valence-electron chi connectivity index (χ0n) is 27.5. The highest BCUT2D eigenvalue weighted by atomic mass is 16.5. The first-order valence-electron chi connectivity index (χ1n) is 17.4. The van der Waals surface area contributed by atoms with E-state index in [2.05, 4.69) is 103 Å². The highest BCUT2D eigenvalue weighted by Crippen LogP contribution is 2.61. The molecule has 1 unspecified atom stereocenters. The fraction of sp³-hybridized carbons (Fsp3) is 0.538. The van der Waals surface area contributed by atoms with Gasteiger partial charge in [-0.1, -0.05) is 19.9 Å². The number of nitrogens with one attached hydrogen (secondary N) is 2. The number of hydrogen-bond donors (Lipinski definition) is 2. The highest BCUT2D eigenvalue weighted by molar-refractivity contribution is 6.20. The van der Waals surface area contributed by atoms with Gasteiger partial charge in [-0.05, 0) is 155 Å². The van der Waals surface area contributed by atoms with E-state index < -0.39 is 0 Å². The van der Waals surface area contributed by atoms with Crippen molar-refractivity contribution in [3.63, 3.8) is 0 Å². The number of aliphatic imine (C=N–C) groups is 2. The van der Waals surface area contributed by atoms with E-state index in [0.29, 0.717) is 5.41 Å². The summed E-state index contributed by atoms with van der Waals surface area (Å²) in [6, 6.07) is 4.18. The van der Waals surface area contributed by atoms with Crippen LogP contribution in [0.3, 0.4) is 0 Å². The smallest absolute Gasteiger partial charge is 0.0658 e. The predicted octanol–water partition coefficient (Wildman–Crippen LogP) is 5.97. The van der Waals surface area contributed by atoms with Gasteiger partial charge in [0.05, 0.1) is 28.4 Å². The third kappa shape index (κ3) is 6.97. The Morgan fingerprint density at radius 2 is 1.67 bits per heavy atom. The van der Waals surface area contributed by atoms with E-state index in [4.69, 9.17) is 14.7 Å². The Balaban J connectivity index is 0.893. The lowest BCUT2D eigenvalue weighted by molar-refractivity contribution is -0.111. The molecular weight excluding hydrogens is 554 g/mol. The zero-order chi connectivity index (χ0) is 30.9. The molecule has 8 rings (SSSR count). The number of aromatic amines is 1. The second kappa shape index (κ2) is 12.9. The number of fused-ring (bicyclic) bond motifs is 8. The SMILES string of the molecule is CN(CCCCCOCC[C@@H]1CC[C@H]2C[C@@H]1C2(C)C)CCC12C=C3C=CC(=N3)C=c3ccc([nH]3)=CC3=NC(=CC(=CC1)N2)C=C3. The molecule has 5 heterocycles. The zero-order valence-corrected chi connectivity index (χ0v) is 27.5. The van der Waals surface area contributed by atoms with Gasteiger partial charge in [-0.2, -0.15) is 0 Å². The van der Waals surface area contributed by atoms with Gasteiger partial charge in [-0.15, -0.1) is 0 Å². The molecule has 0 aromatic carbocycles. The maximum absolute atomic E-state index is 6.10. The van der Waals surface area contributed by atoms with Gasteiger partial charge in [-0.3, -0.25) is 0 Å². The average molecular weight is 606 g/mol. The fourth-order valence-electron chi connectivity index (χ4n) is 8.49. The van der Waals surface area contributed by atoms with Crippen LogP contribution in [0.4, 0.5) is 0 Å². The second-order valence-corrected chi connectivity index (χ2v) is 14.9. The minimum atomic E-state index is -0.168. The van der Waals surface area contributed by atoms with Crippen molar-refractivity contribution in [1.82, 2.24) is 15.2 Å². The Morgan fingerprint density at radius 3 is 2.44 bits per heavy atom. The molecule has 10 bridgehead atoms. The van der Waals surface area contributed by atoms with Crippen molar-refractivity contribution in [3.8, 4) is 0 Å². The van der Waals surface area contributed by atoms with Crippen LogP contribution in [0.25, 0.3) is 12.2 Å². The predicted molar refractivity (Wildman–Crippen MR) is 186 cm³/mol. The van der Waals surface area contributed by atoms with Crippen LogP contribution >= 0.6 is 0 Å². The molecule has 4 atom stereocenters. The lowest BCUT2D eigenvalue weighted by Gasteiger charge is -2.60. The molecule has 1 aromatic rings. The van der Waals surface area contributed by atoms with Crippen LogP contribution in [0.15, 0.2) is 81.7 Å². The fourth-order valence-corrected chi connectivity index (χ4v) is 8.49. The topological polar surface area (TPSA) is 65.0 Å². The third-order valence-electron chi connectivity index (χ3n) is 11.4. The molecule has 7 aliphatic rings. The molecule has 3 aliphatic carbocycles. The van der Waals surface area contributed by atoms with Crippen molar-refractivity contribution >= 4 is 23.6 Å². The van der Waals surface area contributed by atoms with Crippen LogP contribution in [0.5, 0.6) is 0 Å². The number of aromatic nitrogens is 1. The Bertz CT molecular complexity index is 1610. The molecule has 4 aliphatic heterocycles. The lowest BCUT2D eigenvalue weighted by atomic mass is 9.45. The number of H-pyrrole nitrogens is 1. The molecule has 6 heteroatoms. The normalized spacial score (nSPS) is 28.8. The van der Waals surface area contributed by atoms with E-state index in [1.165, 1.54) is 44.9 Å².